The summed E-state index contributed by atoms with van der Waals surface area (Å²) < 4.78 is 5.75. The average Bonchev–Trinajstić information content (AvgIpc) is 3.36. The highest BCUT2D eigenvalue weighted by atomic mass is 16.4. The molecular formula is C20H22N8O. The van der Waals surface area contributed by atoms with Crippen LogP contribution in [-0.4, -0.2) is 43.9 Å². The van der Waals surface area contributed by atoms with Crippen molar-refractivity contribution in [3.8, 4) is 0 Å². The molecule has 0 spiro atoms. The summed E-state index contributed by atoms with van der Waals surface area (Å²) >= 11 is 0. The molecule has 2 N–H and O–H groups in total. The number of nitrogens with one attached hydrogen (secondary N) is 2. The van der Waals surface area contributed by atoms with E-state index in [2.05, 4.69) is 55.5 Å². The summed E-state index contributed by atoms with van der Waals surface area (Å²) in [4.78, 5) is 17.1. The molecule has 5 heterocycles. The van der Waals surface area contributed by atoms with Gasteiger partial charge >= 0.3 is 0 Å². The number of hydrazine groups is 1. The van der Waals surface area contributed by atoms with Crippen molar-refractivity contribution in [2.45, 2.75) is 33.6 Å². The molecule has 2 aliphatic rings. The maximum Gasteiger partial charge on any atom is 0.225 e. The largest absolute Gasteiger partial charge is 0.425 e. The third kappa shape index (κ3) is 2.98. The predicted octanol–water partition coefficient (Wildman–Crippen LogP) is 3.15. The van der Waals surface area contributed by atoms with Gasteiger partial charge in [-0.1, -0.05) is 13.8 Å². The molecule has 0 saturated carbocycles. The van der Waals surface area contributed by atoms with Gasteiger partial charge in [-0.2, -0.15) is 0 Å². The first-order valence-electron chi connectivity index (χ1n) is 9.64. The molecular weight excluding hydrogens is 368 g/mol. The van der Waals surface area contributed by atoms with Crippen LogP contribution in [0.4, 0.5) is 5.69 Å². The van der Waals surface area contributed by atoms with Gasteiger partial charge in [0, 0.05) is 18.0 Å². The van der Waals surface area contributed by atoms with Gasteiger partial charge < -0.3 is 9.40 Å². The zero-order valence-corrected chi connectivity index (χ0v) is 16.8. The lowest BCUT2D eigenvalue weighted by Gasteiger charge is -2.25. The Labute approximate surface area is 167 Å². The summed E-state index contributed by atoms with van der Waals surface area (Å²) in [5.41, 5.74) is 8.05. The number of hydrogen-bond acceptors (Lipinski definition) is 7. The molecule has 0 aromatic carbocycles. The third-order valence-electron chi connectivity index (χ3n) is 5.18. The summed E-state index contributed by atoms with van der Waals surface area (Å²) in [7, 11) is 0. The summed E-state index contributed by atoms with van der Waals surface area (Å²) in [6.07, 6.45) is 3.42. The first-order valence-corrected chi connectivity index (χ1v) is 9.64. The standard InChI is InChI=1S/C20H22N8O/c1-10(2)16-15(20-27-26-12(4)29-20)8-28-17(16)19(22-9-23-28)25-14-6-13-5-11(3)24-18(13)21-7-14/h5-7,9-10,15H,8H2,1-4H3,(H,21,24)(H,22,23,25). The molecule has 0 saturated heterocycles. The van der Waals surface area contributed by atoms with Crippen molar-refractivity contribution in [3.05, 3.63) is 47.1 Å². The molecule has 3 aromatic rings. The van der Waals surface area contributed by atoms with Gasteiger partial charge in [-0.3, -0.25) is 10.4 Å². The summed E-state index contributed by atoms with van der Waals surface area (Å²) in [6.45, 7) is 8.83. The number of amidine groups is 1. The minimum atomic E-state index is -0.00136. The van der Waals surface area contributed by atoms with Gasteiger partial charge in [0.25, 0.3) is 0 Å². The van der Waals surface area contributed by atoms with E-state index in [1.165, 1.54) is 5.57 Å². The van der Waals surface area contributed by atoms with Gasteiger partial charge in [0.05, 0.1) is 24.3 Å². The van der Waals surface area contributed by atoms with Crippen molar-refractivity contribution in [1.29, 1.82) is 0 Å². The van der Waals surface area contributed by atoms with Gasteiger partial charge in [0.15, 0.2) is 5.84 Å². The van der Waals surface area contributed by atoms with E-state index in [-0.39, 0.29) is 11.8 Å². The van der Waals surface area contributed by atoms with Gasteiger partial charge in [-0.15, -0.1) is 10.2 Å². The van der Waals surface area contributed by atoms with Crippen LogP contribution in [0.1, 0.15) is 37.2 Å². The van der Waals surface area contributed by atoms with Crippen molar-refractivity contribution in [2.75, 3.05) is 6.54 Å². The lowest BCUT2D eigenvalue weighted by atomic mass is 9.90. The maximum absolute atomic E-state index is 5.75. The number of aliphatic imine (C=N–C) groups is 2. The number of aromatic amines is 1. The normalized spacial score (nSPS) is 20.2. The van der Waals surface area contributed by atoms with E-state index in [1.54, 1.807) is 19.5 Å². The number of pyridine rings is 1. The molecule has 9 heteroatoms. The highest BCUT2D eigenvalue weighted by molar-refractivity contribution is 6.06. The van der Waals surface area contributed by atoms with Crippen molar-refractivity contribution in [2.24, 2.45) is 15.9 Å². The molecule has 5 rings (SSSR count). The van der Waals surface area contributed by atoms with Crippen LogP contribution < -0.4 is 5.43 Å². The van der Waals surface area contributed by atoms with Crippen LogP contribution in [0, 0.1) is 19.8 Å². The molecule has 29 heavy (non-hydrogen) atoms. The summed E-state index contributed by atoms with van der Waals surface area (Å²) in [5, 5.41) is 11.4. The third-order valence-corrected chi connectivity index (χ3v) is 5.18. The average molecular weight is 390 g/mol. The number of nitrogens with zero attached hydrogens (tertiary/aromatic N) is 6. The Bertz CT molecular complexity index is 1180. The van der Waals surface area contributed by atoms with E-state index in [4.69, 9.17) is 9.41 Å². The van der Waals surface area contributed by atoms with E-state index < -0.39 is 0 Å². The predicted molar refractivity (Wildman–Crippen MR) is 110 cm³/mol. The molecule has 1 atom stereocenters. The second-order valence-corrected chi connectivity index (χ2v) is 7.69. The Kier molecular flexibility index (Phi) is 3.97. The van der Waals surface area contributed by atoms with E-state index in [1.807, 2.05) is 13.0 Å². The molecule has 0 fully saturated rings. The second kappa shape index (κ2) is 6.54. The van der Waals surface area contributed by atoms with Crippen molar-refractivity contribution in [1.82, 2.24) is 30.6 Å². The maximum atomic E-state index is 5.75. The Hall–Kier alpha value is -3.49. The van der Waals surface area contributed by atoms with Crippen LogP contribution in [0.15, 0.2) is 44.0 Å². The number of rotatable bonds is 3. The first-order chi connectivity index (χ1) is 14.0. The Morgan fingerprint density at radius 1 is 1.24 bits per heavy atom. The van der Waals surface area contributed by atoms with Crippen molar-refractivity contribution < 1.29 is 4.42 Å². The van der Waals surface area contributed by atoms with Gasteiger partial charge in [-0.25, -0.2) is 15.0 Å². The lowest BCUT2D eigenvalue weighted by molar-refractivity contribution is 0.320. The zero-order chi connectivity index (χ0) is 20.1. The van der Waals surface area contributed by atoms with E-state index in [0.29, 0.717) is 24.2 Å². The fourth-order valence-electron chi connectivity index (χ4n) is 4.03. The van der Waals surface area contributed by atoms with Gasteiger partial charge in [-0.05, 0) is 30.5 Å². The zero-order valence-electron chi connectivity index (χ0n) is 16.8. The molecule has 9 nitrogen and oxygen atoms in total. The highest BCUT2D eigenvalue weighted by Crippen LogP contribution is 2.40. The van der Waals surface area contributed by atoms with Crippen LogP contribution in [0.5, 0.6) is 0 Å². The monoisotopic (exact) mass is 390 g/mol. The molecule has 0 radical (unpaired) electrons. The van der Waals surface area contributed by atoms with Crippen molar-refractivity contribution in [3.63, 3.8) is 0 Å². The Morgan fingerprint density at radius 2 is 2.10 bits per heavy atom. The number of aryl methyl sites for hydroxylation is 2. The van der Waals surface area contributed by atoms with Crippen LogP contribution in [0.25, 0.3) is 11.0 Å². The summed E-state index contributed by atoms with van der Waals surface area (Å²) in [6, 6.07) is 4.08. The van der Waals surface area contributed by atoms with Crippen LogP contribution in [0.3, 0.4) is 0 Å². The van der Waals surface area contributed by atoms with Crippen molar-refractivity contribution >= 4 is 28.9 Å². The number of aromatic nitrogens is 4. The SMILES string of the molecule is Cc1cc2cc(N=C3N=CNN4CC(c5nnc(C)o5)C(C(C)C)=C34)cnc2[nH]1. The molecule has 1 unspecified atom stereocenters. The molecule has 2 aliphatic heterocycles. The lowest BCUT2D eigenvalue weighted by Crippen LogP contribution is -2.40. The molecule has 0 bridgehead atoms. The van der Waals surface area contributed by atoms with Gasteiger partial charge in [0.2, 0.25) is 11.8 Å². The Balaban J connectivity index is 1.61. The van der Waals surface area contributed by atoms with Gasteiger partial charge in [0.1, 0.15) is 17.7 Å². The van der Waals surface area contributed by atoms with E-state index in [0.717, 1.165) is 28.1 Å². The number of fused-ring (bicyclic) bond motifs is 2. The number of hydrogen-bond donors (Lipinski definition) is 2. The highest BCUT2D eigenvalue weighted by Gasteiger charge is 2.40. The quantitative estimate of drug-likeness (QED) is 0.711. The fourth-order valence-corrected chi connectivity index (χ4v) is 4.03. The smallest absolute Gasteiger partial charge is 0.225 e. The molecule has 0 amide bonds. The minimum absolute atomic E-state index is 0.00136. The second-order valence-electron chi connectivity index (χ2n) is 7.69. The fraction of sp³-hybridized carbons (Fsp3) is 0.350. The van der Waals surface area contributed by atoms with Crippen LogP contribution in [0.2, 0.25) is 0 Å². The van der Waals surface area contributed by atoms with Crippen LogP contribution in [-0.2, 0) is 0 Å². The van der Waals surface area contributed by atoms with Crippen LogP contribution >= 0.6 is 0 Å². The Morgan fingerprint density at radius 3 is 2.86 bits per heavy atom. The molecule has 0 aliphatic carbocycles. The first kappa shape index (κ1) is 17.6. The van der Waals surface area contributed by atoms with E-state index in [9.17, 15) is 0 Å². The minimum Gasteiger partial charge on any atom is -0.425 e. The summed E-state index contributed by atoms with van der Waals surface area (Å²) in [5.74, 6) is 2.11. The van der Waals surface area contributed by atoms with E-state index >= 15 is 0 Å². The topological polar surface area (TPSA) is 108 Å². The molecule has 3 aromatic heterocycles. The number of H-pyrrole nitrogens is 1. The molecule has 148 valence electrons.